The van der Waals surface area contributed by atoms with Gasteiger partial charge in [-0.2, -0.15) is 0 Å². The summed E-state index contributed by atoms with van der Waals surface area (Å²) in [6.07, 6.45) is 0.860. The Hall–Kier alpha value is -4.03. The molecule has 0 saturated carbocycles. The molecule has 37 heavy (non-hydrogen) atoms. The Labute approximate surface area is 217 Å². The molecule has 0 radical (unpaired) electrons. The first-order chi connectivity index (χ1) is 18.0. The first-order valence-corrected chi connectivity index (χ1v) is 12.8. The summed E-state index contributed by atoms with van der Waals surface area (Å²) < 4.78 is 5.76. The fourth-order valence-corrected chi connectivity index (χ4v) is 4.89. The highest BCUT2D eigenvalue weighted by atomic mass is 16.5. The van der Waals surface area contributed by atoms with Crippen LogP contribution in [0.1, 0.15) is 41.9 Å². The van der Waals surface area contributed by atoms with E-state index in [0.717, 1.165) is 46.5 Å². The molecule has 1 aromatic heterocycles. The molecule has 6 nitrogen and oxygen atoms in total. The number of rotatable bonds is 7. The van der Waals surface area contributed by atoms with E-state index in [1.54, 1.807) is 4.90 Å². The lowest BCUT2D eigenvalue weighted by Gasteiger charge is -2.32. The maximum Gasteiger partial charge on any atom is 0.339 e. The van der Waals surface area contributed by atoms with Crippen molar-refractivity contribution in [3.05, 3.63) is 102 Å². The zero-order valence-corrected chi connectivity index (χ0v) is 21.3. The van der Waals surface area contributed by atoms with Crippen LogP contribution in [-0.4, -0.2) is 41.0 Å². The van der Waals surface area contributed by atoms with Gasteiger partial charge in [0.25, 0.3) is 0 Å². The van der Waals surface area contributed by atoms with Crippen LogP contribution in [0.15, 0.2) is 84.9 Å². The smallest absolute Gasteiger partial charge is 0.339 e. The van der Waals surface area contributed by atoms with Crippen LogP contribution in [0.2, 0.25) is 0 Å². The molecule has 1 aliphatic heterocycles. The Morgan fingerprint density at radius 2 is 1.54 bits per heavy atom. The molecule has 5 rings (SSSR count). The number of para-hydroxylation sites is 3. The standard InChI is InChI=1S/C31H31N3O3/c1-22(2)33-19-17-28-26(21-33)30(25-15-9-10-16-27(25)32-28)31(36)37-20-18-29(35)34(23-11-5-3-6-12-23)24-13-7-4-8-14-24/h3-16,22H,17-21H2,1-2H3. The Balaban J connectivity index is 1.37. The number of carbonyl (C=O) groups is 2. The van der Waals surface area contributed by atoms with Gasteiger partial charge in [0.2, 0.25) is 5.91 Å². The number of fused-ring (bicyclic) bond motifs is 2. The minimum atomic E-state index is -0.403. The summed E-state index contributed by atoms with van der Waals surface area (Å²) in [4.78, 5) is 35.7. The number of pyridine rings is 1. The van der Waals surface area contributed by atoms with Crippen molar-refractivity contribution < 1.29 is 14.3 Å². The summed E-state index contributed by atoms with van der Waals surface area (Å²) in [5.41, 5.74) is 4.80. The number of amides is 1. The average molecular weight is 494 g/mol. The van der Waals surface area contributed by atoms with E-state index in [0.29, 0.717) is 18.2 Å². The third-order valence-electron chi connectivity index (χ3n) is 6.84. The number of anilines is 2. The molecule has 1 amide bonds. The van der Waals surface area contributed by atoms with Gasteiger partial charge in [0.1, 0.15) is 6.61 Å². The third-order valence-corrected chi connectivity index (χ3v) is 6.84. The zero-order valence-electron chi connectivity index (χ0n) is 21.3. The average Bonchev–Trinajstić information content (AvgIpc) is 2.92. The van der Waals surface area contributed by atoms with Crippen molar-refractivity contribution >= 4 is 34.2 Å². The molecular formula is C31H31N3O3. The summed E-state index contributed by atoms with van der Waals surface area (Å²) in [6, 6.07) is 27.1. The molecule has 0 unspecified atom stereocenters. The van der Waals surface area contributed by atoms with Gasteiger partial charge in [-0.3, -0.25) is 19.6 Å². The van der Waals surface area contributed by atoms with Crippen LogP contribution >= 0.6 is 0 Å². The summed E-state index contributed by atoms with van der Waals surface area (Å²) in [5, 5.41) is 0.790. The van der Waals surface area contributed by atoms with E-state index in [9.17, 15) is 9.59 Å². The van der Waals surface area contributed by atoms with Crippen LogP contribution < -0.4 is 4.90 Å². The summed E-state index contributed by atoms with van der Waals surface area (Å²) in [7, 11) is 0. The number of ether oxygens (including phenoxy) is 1. The Morgan fingerprint density at radius 3 is 2.19 bits per heavy atom. The lowest BCUT2D eigenvalue weighted by molar-refractivity contribution is -0.118. The van der Waals surface area contributed by atoms with Crippen molar-refractivity contribution in [1.29, 1.82) is 0 Å². The number of benzene rings is 3. The zero-order chi connectivity index (χ0) is 25.8. The normalized spacial score (nSPS) is 13.4. The maximum atomic E-state index is 13.5. The van der Waals surface area contributed by atoms with Crippen molar-refractivity contribution in [2.24, 2.45) is 0 Å². The monoisotopic (exact) mass is 493 g/mol. The Bertz CT molecular complexity index is 1360. The third kappa shape index (κ3) is 5.25. The molecular weight excluding hydrogens is 462 g/mol. The van der Waals surface area contributed by atoms with Gasteiger partial charge in [0.05, 0.1) is 17.5 Å². The molecule has 0 saturated heterocycles. The number of esters is 1. The fraction of sp³-hybridized carbons (Fsp3) is 0.258. The van der Waals surface area contributed by atoms with E-state index in [1.807, 2.05) is 84.9 Å². The maximum absolute atomic E-state index is 13.5. The van der Waals surface area contributed by atoms with Crippen LogP contribution in [0.5, 0.6) is 0 Å². The summed E-state index contributed by atoms with van der Waals surface area (Å²) >= 11 is 0. The molecule has 0 N–H and O–H groups in total. The molecule has 4 aromatic rings. The molecule has 0 fully saturated rings. The Morgan fingerprint density at radius 1 is 0.919 bits per heavy atom. The number of nitrogens with zero attached hydrogens (tertiary/aromatic N) is 3. The molecule has 6 heteroatoms. The summed E-state index contributed by atoms with van der Waals surface area (Å²) in [6.45, 7) is 5.88. The first-order valence-electron chi connectivity index (χ1n) is 12.8. The van der Waals surface area contributed by atoms with E-state index in [4.69, 9.17) is 9.72 Å². The molecule has 0 bridgehead atoms. The van der Waals surface area contributed by atoms with Crippen LogP contribution in [0.3, 0.4) is 0 Å². The largest absolute Gasteiger partial charge is 0.462 e. The molecule has 188 valence electrons. The molecule has 3 aromatic carbocycles. The minimum Gasteiger partial charge on any atom is -0.462 e. The molecule has 0 spiro atoms. The predicted molar refractivity (Wildman–Crippen MR) is 146 cm³/mol. The van der Waals surface area contributed by atoms with Crippen LogP contribution in [-0.2, 0) is 22.5 Å². The topological polar surface area (TPSA) is 62.7 Å². The fourth-order valence-electron chi connectivity index (χ4n) is 4.89. The van der Waals surface area contributed by atoms with Gasteiger partial charge >= 0.3 is 5.97 Å². The van der Waals surface area contributed by atoms with Crippen LogP contribution in [0, 0.1) is 0 Å². The van der Waals surface area contributed by atoms with E-state index >= 15 is 0 Å². The van der Waals surface area contributed by atoms with Crippen molar-refractivity contribution in [1.82, 2.24) is 9.88 Å². The quantitative estimate of drug-likeness (QED) is 0.299. The number of aromatic nitrogens is 1. The molecule has 0 atom stereocenters. The lowest BCUT2D eigenvalue weighted by Crippen LogP contribution is -2.37. The predicted octanol–water partition coefficient (Wildman–Crippen LogP) is 5.91. The van der Waals surface area contributed by atoms with Crippen molar-refractivity contribution in [2.45, 2.75) is 39.3 Å². The number of hydrogen-bond acceptors (Lipinski definition) is 5. The van der Waals surface area contributed by atoms with E-state index in [-0.39, 0.29) is 18.9 Å². The van der Waals surface area contributed by atoms with E-state index < -0.39 is 5.97 Å². The van der Waals surface area contributed by atoms with Gasteiger partial charge in [-0.15, -0.1) is 0 Å². The second-order valence-electron chi connectivity index (χ2n) is 9.53. The Kier molecular flexibility index (Phi) is 7.28. The van der Waals surface area contributed by atoms with Gasteiger partial charge in [-0.25, -0.2) is 4.79 Å². The van der Waals surface area contributed by atoms with Crippen LogP contribution in [0.4, 0.5) is 11.4 Å². The van der Waals surface area contributed by atoms with Crippen molar-refractivity contribution in [3.63, 3.8) is 0 Å². The van der Waals surface area contributed by atoms with E-state index in [1.165, 1.54) is 0 Å². The van der Waals surface area contributed by atoms with Gasteiger partial charge in [0, 0.05) is 53.6 Å². The van der Waals surface area contributed by atoms with Crippen molar-refractivity contribution in [2.75, 3.05) is 18.1 Å². The van der Waals surface area contributed by atoms with Crippen LogP contribution in [0.25, 0.3) is 10.9 Å². The number of carbonyl (C=O) groups excluding carboxylic acids is 2. The molecule has 1 aliphatic rings. The van der Waals surface area contributed by atoms with E-state index in [2.05, 4.69) is 18.7 Å². The van der Waals surface area contributed by atoms with Gasteiger partial charge in [-0.05, 0) is 44.2 Å². The van der Waals surface area contributed by atoms with Gasteiger partial charge in [0.15, 0.2) is 0 Å². The van der Waals surface area contributed by atoms with Crippen molar-refractivity contribution in [3.8, 4) is 0 Å². The second-order valence-corrected chi connectivity index (χ2v) is 9.53. The van der Waals surface area contributed by atoms with Gasteiger partial charge in [-0.1, -0.05) is 54.6 Å². The number of hydrogen-bond donors (Lipinski definition) is 0. The highest BCUT2D eigenvalue weighted by molar-refractivity contribution is 6.05. The SMILES string of the molecule is CC(C)N1CCc2nc3ccccc3c(C(=O)OCCC(=O)N(c3ccccc3)c3ccccc3)c2C1. The molecule has 2 heterocycles. The minimum absolute atomic E-state index is 0.00679. The van der Waals surface area contributed by atoms with Gasteiger partial charge < -0.3 is 4.74 Å². The lowest BCUT2D eigenvalue weighted by atomic mass is 9.95. The molecule has 0 aliphatic carbocycles. The highest BCUT2D eigenvalue weighted by Gasteiger charge is 2.28. The summed E-state index contributed by atoms with van der Waals surface area (Å²) in [5.74, 6) is -0.544. The highest BCUT2D eigenvalue weighted by Crippen LogP contribution is 2.30. The second kappa shape index (κ2) is 10.9. The first kappa shape index (κ1) is 24.7.